The summed E-state index contributed by atoms with van der Waals surface area (Å²) in [5.41, 5.74) is 0. The van der Waals surface area contributed by atoms with Crippen LogP contribution < -0.4 is 0 Å². The Balaban J connectivity index is 5.24. The second-order valence-corrected chi connectivity index (χ2v) is 34.9. The van der Waals surface area contributed by atoms with Crippen molar-refractivity contribution in [3.05, 3.63) is 0 Å². The molecule has 0 aliphatic heterocycles. The van der Waals surface area contributed by atoms with E-state index in [0.717, 1.165) is 102 Å². The van der Waals surface area contributed by atoms with Crippen LogP contribution in [-0.2, 0) is 65.4 Å². The highest BCUT2D eigenvalue weighted by molar-refractivity contribution is 7.47. The number of hydrogen-bond donors (Lipinski definition) is 3. The molecule has 0 radical (unpaired) electrons. The molecule has 0 aliphatic carbocycles. The number of ether oxygens (including phenoxy) is 4. The summed E-state index contributed by atoms with van der Waals surface area (Å²) in [6, 6.07) is 0. The molecule has 3 unspecified atom stereocenters. The first-order chi connectivity index (χ1) is 51.4. The molecule has 0 saturated heterocycles. The molecule has 106 heavy (non-hydrogen) atoms. The summed E-state index contributed by atoms with van der Waals surface area (Å²) in [5, 5.41) is 10.7. The van der Waals surface area contributed by atoms with Crippen LogP contribution in [0.1, 0.15) is 465 Å². The predicted molar refractivity (Wildman–Crippen MR) is 437 cm³/mol. The van der Waals surface area contributed by atoms with E-state index in [1.54, 1.807) is 0 Å². The topological polar surface area (TPSA) is 237 Å². The fraction of sp³-hybridized carbons (Fsp3) is 0.954. The molecular formula is C87H170O17P2. The Labute approximate surface area is 651 Å². The Morgan fingerprint density at radius 1 is 0.274 bits per heavy atom. The highest BCUT2D eigenvalue weighted by Gasteiger charge is 2.30. The molecule has 3 N–H and O–H groups in total. The van der Waals surface area contributed by atoms with Crippen molar-refractivity contribution in [3.8, 4) is 0 Å². The van der Waals surface area contributed by atoms with E-state index in [1.165, 1.54) is 283 Å². The van der Waals surface area contributed by atoms with Gasteiger partial charge in [-0.1, -0.05) is 414 Å². The van der Waals surface area contributed by atoms with E-state index in [4.69, 9.17) is 37.0 Å². The van der Waals surface area contributed by atoms with Crippen LogP contribution in [0.4, 0.5) is 0 Å². The molecule has 0 spiro atoms. The largest absolute Gasteiger partial charge is 0.472 e. The Morgan fingerprint density at radius 2 is 0.481 bits per heavy atom. The van der Waals surface area contributed by atoms with Crippen LogP contribution in [0.5, 0.6) is 0 Å². The molecule has 6 atom stereocenters. The Bertz CT molecular complexity index is 2030. The molecule has 0 aliphatic rings. The van der Waals surface area contributed by atoms with Gasteiger partial charge < -0.3 is 33.8 Å². The first kappa shape index (κ1) is 104. The number of unbranched alkanes of at least 4 members (excludes halogenated alkanes) is 55. The molecular weight excluding hydrogens is 1380 g/mol. The third-order valence-corrected chi connectivity index (χ3v) is 22.7. The zero-order valence-corrected chi connectivity index (χ0v) is 71.5. The Hall–Kier alpha value is -1.94. The van der Waals surface area contributed by atoms with Gasteiger partial charge in [0.1, 0.15) is 19.3 Å². The molecule has 19 heteroatoms. The second kappa shape index (κ2) is 78.3. The molecule has 0 aromatic carbocycles. The summed E-state index contributed by atoms with van der Waals surface area (Å²) >= 11 is 0. The number of hydrogen-bond acceptors (Lipinski definition) is 15. The van der Waals surface area contributed by atoms with E-state index in [-0.39, 0.29) is 25.7 Å². The van der Waals surface area contributed by atoms with E-state index in [2.05, 4.69) is 41.5 Å². The third kappa shape index (κ3) is 78.7. The van der Waals surface area contributed by atoms with E-state index in [1.807, 2.05) is 0 Å². The average molecular weight is 1550 g/mol. The fourth-order valence-corrected chi connectivity index (χ4v) is 15.1. The molecule has 0 saturated carbocycles. The Kier molecular flexibility index (Phi) is 76.9. The van der Waals surface area contributed by atoms with E-state index in [0.29, 0.717) is 25.7 Å². The van der Waals surface area contributed by atoms with Gasteiger partial charge in [0.05, 0.1) is 26.4 Å². The van der Waals surface area contributed by atoms with Crippen molar-refractivity contribution in [1.82, 2.24) is 0 Å². The van der Waals surface area contributed by atoms with Crippen LogP contribution in [0.15, 0.2) is 0 Å². The molecule has 0 heterocycles. The normalized spacial score (nSPS) is 14.1. The monoisotopic (exact) mass is 1550 g/mol. The minimum atomic E-state index is -4.97. The van der Waals surface area contributed by atoms with Gasteiger partial charge in [0.25, 0.3) is 0 Å². The molecule has 0 aromatic heterocycles. The number of aliphatic hydroxyl groups excluding tert-OH is 1. The first-order valence-electron chi connectivity index (χ1n) is 45.0. The third-order valence-electron chi connectivity index (χ3n) is 20.8. The molecule has 0 bridgehead atoms. The lowest BCUT2D eigenvalue weighted by Gasteiger charge is -2.21. The van der Waals surface area contributed by atoms with Crippen molar-refractivity contribution < 1.29 is 80.2 Å². The smallest absolute Gasteiger partial charge is 0.462 e. The summed E-state index contributed by atoms with van der Waals surface area (Å²) in [6.07, 6.45) is 70.9. The van der Waals surface area contributed by atoms with Crippen molar-refractivity contribution >= 4 is 39.5 Å². The van der Waals surface area contributed by atoms with Crippen LogP contribution in [0, 0.1) is 11.8 Å². The van der Waals surface area contributed by atoms with Crippen LogP contribution in [0.25, 0.3) is 0 Å². The lowest BCUT2D eigenvalue weighted by atomic mass is 9.99. The number of carbonyl (C=O) groups is 4. The quantitative estimate of drug-likeness (QED) is 0.0222. The summed E-state index contributed by atoms with van der Waals surface area (Å²) < 4.78 is 68.9. The van der Waals surface area contributed by atoms with Gasteiger partial charge in [0, 0.05) is 25.7 Å². The van der Waals surface area contributed by atoms with Gasteiger partial charge in [-0.15, -0.1) is 0 Å². The number of phosphoric ester groups is 2. The minimum Gasteiger partial charge on any atom is -0.462 e. The molecule has 0 rings (SSSR count). The second-order valence-electron chi connectivity index (χ2n) is 32.0. The van der Waals surface area contributed by atoms with Gasteiger partial charge >= 0.3 is 39.5 Å². The van der Waals surface area contributed by atoms with Gasteiger partial charge in [-0.05, 0) is 37.5 Å². The standard InChI is InChI=1S/C87H170O17P2/c1-7-10-12-14-16-18-20-22-24-26-28-29-30-31-33-35-37-39-46-53-59-65-71-86(91)103-82(75-97-84(89)69-63-57-51-45-38-36-34-32-27-25-23-21-19-17-15-13-11-8-2)77-101-105(93,94)99-73-81(88)74-100-106(95,96)102-78-83(76-98-85(90)70-64-58-52-48-42-43-49-55-61-67-79(4)5)104-87(92)72-66-60-54-47-41-40-44-50-56-62-68-80(6)9-3/h79-83,88H,7-78H2,1-6H3,(H,93,94)(H,95,96)/t80?,81-,82-,83-/m1/s1. The molecule has 0 fully saturated rings. The lowest BCUT2D eigenvalue weighted by Crippen LogP contribution is -2.30. The highest BCUT2D eigenvalue weighted by Crippen LogP contribution is 2.45. The maximum absolute atomic E-state index is 13.2. The van der Waals surface area contributed by atoms with Crippen LogP contribution in [0.3, 0.4) is 0 Å². The highest BCUT2D eigenvalue weighted by atomic mass is 31.2. The fourth-order valence-electron chi connectivity index (χ4n) is 13.6. The van der Waals surface area contributed by atoms with E-state index < -0.39 is 97.5 Å². The van der Waals surface area contributed by atoms with Crippen molar-refractivity contribution in [1.29, 1.82) is 0 Å². The summed E-state index contributed by atoms with van der Waals surface area (Å²) in [6.45, 7) is 9.68. The van der Waals surface area contributed by atoms with E-state index in [9.17, 15) is 43.2 Å². The van der Waals surface area contributed by atoms with Crippen molar-refractivity contribution in [2.75, 3.05) is 39.6 Å². The SMILES string of the molecule is CCCCCCCCCCCCCCCCCCCCCCCCC(=O)O[C@H](COC(=O)CCCCCCCCCCCCCCCCCCCC)COP(=O)(O)OC[C@@H](O)COP(=O)(O)OC[C@@H](COC(=O)CCCCCCCCCCCC(C)C)OC(=O)CCCCCCCCCCCCC(C)CC. The van der Waals surface area contributed by atoms with Crippen molar-refractivity contribution in [2.45, 2.75) is 484 Å². The van der Waals surface area contributed by atoms with Crippen molar-refractivity contribution in [2.24, 2.45) is 11.8 Å². The molecule has 17 nitrogen and oxygen atoms in total. The first-order valence-corrected chi connectivity index (χ1v) is 48.0. The lowest BCUT2D eigenvalue weighted by molar-refractivity contribution is -0.161. The predicted octanol–water partition coefficient (Wildman–Crippen LogP) is 26.6. The summed E-state index contributed by atoms with van der Waals surface area (Å²) in [5.74, 6) is -0.556. The molecule has 630 valence electrons. The van der Waals surface area contributed by atoms with Crippen LogP contribution >= 0.6 is 15.6 Å². The Morgan fingerprint density at radius 3 is 0.717 bits per heavy atom. The number of esters is 4. The zero-order valence-electron chi connectivity index (χ0n) is 69.7. The minimum absolute atomic E-state index is 0.106. The number of carbonyl (C=O) groups excluding carboxylic acids is 4. The molecule has 0 amide bonds. The zero-order chi connectivity index (χ0) is 77.8. The van der Waals surface area contributed by atoms with Gasteiger partial charge in [0.15, 0.2) is 12.2 Å². The molecule has 0 aromatic rings. The number of phosphoric acid groups is 2. The summed E-state index contributed by atoms with van der Waals surface area (Å²) in [7, 11) is -9.93. The number of rotatable bonds is 86. The van der Waals surface area contributed by atoms with Gasteiger partial charge in [-0.25, -0.2) is 9.13 Å². The van der Waals surface area contributed by atoms with Crippen LogP contribution in [-0.4, -0.2) is 96.7 Å². The van der Waals surface area contributed by atoms with Crippen molar-refractivity contribution in [3.63, 3.8) is 0 Å². The maximum atomic E-state index is 13.2. The number of aliphatic hydroxyl groups is 1. The van der Waals surface area contributed by atoms with E-state index >= 15 is 0 Å². The van der Waals surface area contributed by atoms with Gasteiger partial charge in [0.2, 0.25) is 0 Å². The van der Waals surface area contributed by atoms with Crippen LogP contribution in [0.2, 0.25) is 0 Å². The maximum Gasteiger partial charge on any atom is 0.472 e. The summed E-state index contributed by atoms with van der Waals surface area (Å²) in [4.78, 5) is 73.3. The average Bonchev–Trinajstić information content (AvgIpc) is 0.900. The van der Waals surface area contributed by atoms with Gasteiger partial charge in [-0.2, -0.15) is 0 Å². The van der Waals surface area contributed by atoms with Gasteiger partial charge in [-0.3, -0.25) is 37.3 Å².